The van der Waals surface area contributed by atoms with Gasteiger partial charge >= 0.3 is 18.3 Å². The summed E-state index contributed by atoms with van der Waals surface area (Å²) in [6, 6.07) is -1.09. The first-order valence-corrected chi connectivity index (χ1v) is 5.97. The Labute approximate surface area is 103 Å². The third kappa shape index (κ3) is 4.12. The van der Waals surface area contributed by atoms with Crippen molar-refractivity contribution in [2.45, 2.75) is 50.5 Å². The summed E-state index contributed by atoms with van der Waals surface area (Å²) in [5.41, 5.74) is 0. The van der Waals surface area contributed by atoms with E-state index in [2.05, 4.69) is 0 Å². The molecule has 0 spiro atoms. The first-order valence-electron chi connectivity index (χ1n) is 5.97. The molecule has 0 aromatic rings. The number of hydrogen-bond acceptors (Lipinski definition) is 2. The largest absolute Gasteiger partial charge is 0.480 e. The number of alkyl halides is 4. The van der Waals surface area contributed by atoms with E-state index in [4.69, 9.17) is 5.11 Å². The van der Waals surface area contributed by atoms with Crippen LogP contribution >= 0.6 is 0 Å². The van der Waals surface area contributed by atoms with E-state index < -0.39 is 30.9 Å². The lowest BCUT2D eigenvalue weighted by molar-refractivity contribution is -0.159. The van der Waals surface area contributed by atoms with Gasteiger partial charge in [0.2, 0.25) is 0 Å². The quantitative estimate of drug-likeness (QED) is 0.799. The van der Waals surface area contributed by atoms with Crippen LogP contribution in [0.3, 0.4) is 0 Å². The smallest absolute Gasteiger partial charge is 0.320 e. The fraction of sp³-hybridized carbons (Fsp3) is 0.909. The van der Waals surface area contributed by atoms with E-state index in [-0.39, 0.29) is 13.0 Å². The van der Waals surface area contributed by atoms with Gasteiger partial charge in [-0.05, 0) is 19.4 Å². The maximum atomic E-state index is 13.0. The number of carboxylic acid groups (broad SMARTS) is 1. The molecular weight excluding hydrogens is 254 g/mol. The Kier molecular flexibility index (Phi) is 5.37. The van der Waals surface area contributed by atoms with Crippen molar-refractivity contribution in [3.8, 4) is 0 Å². The first kappa shape index (κ1) is 15.2. The number of hydrogen-bond donors (Lipinski definition) is 1. The van der Waals surface area contributed by atoms with E-state index >= 15 is 0 Å². The Balaban J connectivity index is 2.75. The predicted molar refractivity (Wildman–Crippen MR) is 57.0 cm³/mol. The van der Waals surface area contributed by atoms with Crippen molar-refractivity contribution in [2.75, 3.05) is 13.1 Å². The molecule has 1 unspecified atom stereocenters. The Hall–Kier alpha value is -0.850. The monoisotopic (exact) mass is 271 g/mol. The standard InChI is InChI=1S/C11H17F4NO2/c12-10(13)11(14,15)7-16-6-4-2-1-3-5-8(16)9(17)18/h8,10H,1-7H2,(H,17,18). The molecule has 1 fully saturated rings. The third-order valence-corrected chi connectivity index (χ3v) is 3.13. The van der Waals surface area contributed by atoms with Crippen LogP contribution in [0.1, 0.15) is 32.1 Å². The highest BCUT2D eigenvalue weighted by molar-refractivity contribution is 5.73. The summed E-state index contributed by atoms with van der Waals surface area (Å²) in [6.45, 7) is -1.07. The summed E-state index contributed by atoms with van der Waals surface area (Å²) in [4.78, 5) is 12.0. The van der Waals surface area contributed by atoms with Gasteiger partial charge in [0.05, 0.1) is 6.54 Å². The molecule has 18 heavy (non-hydrogen) atoms. The first-order chi connectivity index (χ1) is 8.34. The highest BCUT2D eigenvalue weighted by atomic mass is 19.3. The predicted octanol–water partition coefficient (Wildman–Crippen LogP) is 2.61. The topological polar surface area (TPSA) is 40.5 Å². The van der Waals surface area contributed by atoms with E-state index in [1.807, 2.05) is 0 Å². The Morgan fingerprint density at radius 1 is 1.28 bits per heavy atom. The van der Waals surface area contributed by atoms with Crippen molar-refractivity contribution in [1.29, 1.82) is 0 Å². The van der Waals surface area contributed by atoms with Crippen molar-refractivity contribution >= 4 is 5.97 Å². The summed E-state index contributed by atoms with van der Waals surface area (Å²) in [6.07, 6.45) is -0.699. The average molecular weight is 271 g/mol. The Morgan fingerprint density at radius 2 is 1.89 bits per heavy atom. The number of likely N-dealkylation sites (tertiary alicyclic amines) is 1. The van der Waals surface area contributed by atoms with Gasteiger partial charge in [0, 0.05) is 0 Å². The summed E-state index contributed by atoms with van der Waals surface area (Å²) in [5.74, 6) is -5.38. The summed E-state index contributed by atoms with van der Waals surface area (Å²) < 4.78 is 50.3. The lowest BCUT2D eigenvalue weighted by atomic mass is 10.0. The molecule has 0 radical (unpaired) electrons. The van der Waals surface area contributed by atoms with E-state index in [0.29, 0.717) is 12.8 Å². The Bertz CT molecular complexity index is 286. The maximum Gasteiger partial charge on any atom is 0.320 e. The molecule has 7 heteroatoms. The minimum absolute atomic E-state index is 0.124. The van der Waals surface area contributed by atoms with Crippen LogP contribution in [0, 0.1) is 0 Å². The van der Waals surface area contributed by atoms with Crippen LogP contribution in [0.4, 0.5) is 17.6 Å². The second-order valence-electron chi connectivity index (χ2n) is 4.59. The summed E-state index contributed by atoms with van der Waals surface area (Å²) in [5, 5.41) is 8.99. The minimum atomic E-state index is -4.16. The highest BCUT2D eigenvalue weighted by Crippen LogP contribution is 2.27. The van der Waals surface area contributed by atoms with Crippen molar-refractivity contribution < 1.29 is 27.5 Å². The number of carbonyl (C=O) groups is 1. The van der Waals surface area contributed by atoms with Crippen molar-refractivity contribution in [3.05, 3.63) is 0 Å². The SMILES string of the molecule is O=C(O)C1CCCCCCN1CC(F)(F)C(F)F. The molecule has 0 saturated carbocycles. The molecule has 1 aliphatic heterocycles. The maximum absolute atomic E-state index is 13.0. The fourth-order valence-electron chi connectivity index (χ4n) is 2.15. The van der Waals surface area contributed by atoms with Gasteiger partial charge < -0.3 is 5.11 Å². The fourth-order valence-corrected chi connectivity index (χ4v) is 2.15. The molecule has 1 aliphatic rings. The molecule has 1 atom stereocenters. The molecule has 106 valence electrons. The molecule has 0 amide bonds. The molecule has 1 N–H and O–H groups in total. The van der Waals surface area contributed by atoms with E-state index in [1.165, 1.54) is 0 Å². The van der Waals surface area contributed by atoms with Crippen LogP contribution < -0.4 is 0 Å². The van der Waals surface area contributed by atoms with Crippen LogP contribution in [0.15, 0.2) is 0 Å². The van der Waals surface area contributed by atoms with Crippen LogP contribution in [-0.2, 0) is 4.79 Å². The number of nitrogens with zero attached hydrogens (tertiary/aromatic N) is 1. The molecule has 1 heterocycles. The van der Waals surface area contributed by atoms with Crippen molar-refractivity contribution in [3.63, 3.8) is 0 Å². The van der Waals surface area contributed by atoms with Gasteiger partial charge in [0.1, 0.15) is 6.04 Å². The molecule has 0 aromatic carbocycles. The van der Waals surface area contributed by atoms with Crippen molar-refractivity contribution in [1.82, 2.24) is 4.90 Å². The van der Waals surface area contributed by atoms with Gasteiger partial charge in [0.25, 0.3) is 0 Å². The van der Waals surface area contributed by atoms with Gasteiger partial charge in [-0.3, -0.25) is 9.69 Å². The van der Waals surface area contributed by atoms with Crippen LogP contribution in [0.2, 0.25) is 0 Å². The molecule has 1 saturated heterocycles. The molecule has 0 aromatic heterocycles. The van der Waals surface area contributed by atoms with Crippen LogP contribution in [0.5, 0.6) is 0 Å². The van der Waals surface area contributed by atoms with Gasteiger partial charge in [-0.15, -0.1) is 0 Å². The minimum Gasteiger partial charge on any atom is -0.480 e. The van der Waals surface area contributed by atoms with Gasteiger partial charge in [-0.25, -0.2) is 8.78 Å². The zero-order valence-electron chi connectivity index (χ0n) is 9.92. The average Bonchev–Trinajstić information content (AvgIpc) is 2.21. The number of carboxylic acids is 1. The normalized spacial score (nSPS) is 23.7. The molecule has 0 bridgehead atoms. The number of aliphatic carboxylic acids is 1. The molecule has 0 aliphatic carbocycles. The molecule has 1 rings (SSSR count). The Morgan fingerprint density at radius 3 is 2.44 bits per heavy atom. The van der Waals surface area contributed by atoms with Gasteiger partial charge in [-0.1, -0.05) is 19.3 Å². The second kappa shape index (κ2) is 6.36. The second-order valence-corrected chi connectivity index (χ2v) is 4.59. The molecule has 3 nitrogen and oxygen atoms in total. The lowest BCUT2D eigenvalue weighted by Crippen LogP contribution is -2.50. The lowest BCUT2D eigenvalue weighted by Gasteiger charge is -2.33. The summed E-state index contributed by atoms with van der Waals surface area (Å²) in [7, 11) is 0. The van der Waals surface area contributed by atoms with Gasteiger partial charge in [-0.2, -0.15) is 8.78 Å². The van der Waals surface area contributed by atoms with E-state index in [9.17, 15) is 22.4 Å². The molecular formula is C11H17F4NO2. The van der Waals surface area contributed by atoms with E-state index in [1.54, 1.807) is 0 Å². The summed E-state index contributed by atoms with van der Waals surface area (Å²) >= 11 is 0. The van der Waals surface area contributed by atoms with Crippen LogP contribution in [-0.4, -0.2) is 47.5 Å². The van der Waals surface area contributed by atoms with Crippen molar-refractivity contribution in [2.24, 2.45) is 0 Å². The number of halogens is 4. The third-order valence-electron chi connectivity index (χ3n) is 3.13. The van der Waals surface area contributed by atoms with E-state index in [0.717, 1.165) is 17.7 Å². The van der Waals surface area contributed by atoms with Crippen LogP contribution in [0.25, 0.3) is 0 Å². The highest BCUT2D eigenvalue weighted by Gasteiger charge is 2.44. The zero-order chi connectivity index (χ0) is 13.8. The van der Waals surface area contributed by atoms with Gasteiger partial charge in [0.15, 0.2) is 0 Å². The number of rotatable bonds is 4. The zero-order valence-corrected chi connectivity index (χ0v) is 9.92.